The van der Waals surface area contributed by atoms with E-state index < -0.39 is 0 Å². The van der Waals surface area contributed by atoms with Crippen LogP contribution in [-0.2, 0) is 6.54 Å². The van der Waals surface area contributed by atoms with Gasteiger partial charge in [0.15, 0.2) is 0 Å². The second-order valence-electron chi connectivity index (χ2n) is 5.09. The number of aromatic nitrogens is 1. The van der Waals surface area contributed by atoms with Gasteiger partial charge in [-0.15, -0.1) is 0 Å². The van der Waals surface area contributed by atoms with Gasteiger partial charge in [-0.1, -0.05) is 41.9 Å². The van der Waals surface area contributed by atoms with Crippen LogP contribution >= 0.6 is 11.6 Å². The third-order valence-corrected chi connectivity index (χ3v) is 3.31. The van der Waals surface area contributed by atoms with Gasteiger partial charge in [-0.3, -0.25) is 4.98 Å². The van der Waals surface area contributed by atoms with Crippen LogP contribution in [0.1, 0.15) is 22.5 Å². The molecule has 0 saturated heterocycles. The number of pyridine rings is 1. The maximum Gasteiger partial charge on any atom is 0.0678 e. The molecule has 0 aliphatic heterocycles. The fourth-order valence-electron chi connectivity index (χ4n) is 2.00. The van der Waals surface area contributed by atoms with Gasteiger partial charge in [0.1, 0.15) is 0 Å². The summed E-state index contributed by atoms with van der Waals surface area (Å²) in [6.07, 6.45) is 4.05. The second kappa shape index (κ2) is 6.69. The highest BCUT2D eigenvalue weighted by Gasteiger charge is 2.03. The van der Waals surface area contributed by atoms with Crippen LogP contribution in [0.2, 0.25) is 5.02 Å². The fourth-order valence-corrected chi connectivity index (χ4v) is 2.20. The van der Waals surface area contributed by atoms with Crippen molar-refractivity contribution in [1.29, 1.82) is 0 Å². The summed E-state index contributed by atoms with van der Waals surface area (Å²) in [6, 6.07) is 12.0. The average Bonchev–Trinajstić information content (AvgIpc) is 2.40. The summed E-state index contributed by atoms with van der Waals surface area (Å²) in [4.78, 5) is 6.75. The quantitative estimate of drug-likeness (QED) is 0.834. The molecule has 0 bridgehead atoms. The van der Waals surface area contributed by atoms with E-state index in [1.54, 1.807) is 0 Å². The molecule has 0 atom stereocenters. The van der Waals surface area contributed by atoms with E-state index in [0.717, 1.165) is 28.5 Å². The van der Waals surface area contributed by atoms with Gasteiger partial charge in [-0.05, 0) is 50.4 Å². The Morgan fingerprint density at radius 3 is 2.55 bits per heavy atom. The number of rotatable bonds is 4. The first-order chi connectivity index (χ1) is 9.56. The lowest BCUT2D eigenvalue weighted by molar-refractivity contribution is 0.401. The van der Waals surface area contributed by atoms with E-state index >= 15 is 0 Å². The standard InChI is InChI=1S/C17H19ClN2/c1-13-8-9-15(12-20(2)3)17(19-13)11-10-14-6-4-5-7-16(14)18/h4-11H,12H2,1-3H3. The molecule has 20 heavy (non-hydrogen) atoms. The Balaban J connectivity index is 2.32. The van der Waals surface area contributed by atoms with E-state index in [9.17, 15) is 0 Å². The summed E-state index contributed by atoms with van der Waals surface area (Å²) in [5, 5.41) is 0.755. The Morgan fingerprint density at radius 2 is 1.85 bits per heavy atom. The molecule has 3 heteroatoms. The van der Waals surface area contributed by atoms with Crippen molar-refractivity contribution in [2.75, 3.05) is 14.1 Å². The van der Waals surface area contributed by atoms with Crippen molar-refractivity contribution in [3.63, 3.8) is 0 Å². The molecule has 0 aliphatic carbocycles. The molecular weight excluding hydrogens is 268 g/mol. The monoisotopic (exact) mass is 286 g/mol. The maximum absolute atomic E-state index is 6.17. The molecule has 0 N–H and O–H groups in total. The number of aryl methyl sites for hydroxylation is 1. The van der Waals surface area contributed by atoms with Gasteiger partial charge in [-0.2, -0.15) is 0 Å². The van der Waals surface area contributed by atoms with Gasteiger partial charge >= 0.3 is 0 Å². The third kappa shape index (κ3) is 3.92. The molecular formula is C17H19ClN2. The van der Waals surface area contributed by atoms with E-state index in [1.165, 1.54) is 5.56 Å². The van der Waals surface area contributed by atoms with Crippen LogP contribution in [0.4, 0.5) is 0 Å². The van der Waals surface area contributed by atoms with Crippen LogP contribution in [0.3, 0.4) is 0 Å². The minimum Gasteiger partial charge on any atom is -0.305 e. The molecule has 0 saturated carbocycles. The molecule has 0 fully saturated rings. The van der Waals surface area contributed by atoms with Gasteiger partial charge < -0.3 is 4.90 Å². The Labute approximate surface area is 125 Å². The van der Waals surface area contributed by atoms with E-state index in [-0.39, 0.29) is 0 Å². The molecule has 0 radical (unpaired) electrons. The van der Waals surface area contributed by atoms with Crippen molar-refractivity contribution < 1.29 is 0 Å². The van der Waals surface area contributed by atoms with Crippen molar-refractivity contribution in [1.82, 2.24) is 9.88 Å². The summed E-state index contributed by atoms with van der Waals surface area (Å²) in [6.45, 7) is 2.88. The van der Waals surface area contributed by atoms with Crippen LogP contribution in [0.5, 0.6) is 0 Å². The van der Waals surface area contributed by atoms with Crippen LogP contribution < -0.4 is 0 Å². The predicted molar refractivity (Wildman–Crippen MR) is 86.7 cm³/mol. The molecule has 0 amide bonds. The molecule has 2 aromatic rings. The Hall–Kier alpha value is -1.64. The minimum atomic E-state index is 0.755. The SMILES string of the molecule is Cc1ccc(CN(C)C)c(C=Cc2ccccc2Cl)n1. The molecule has 0 spiro atoms. The number of benzene rings is 1. The lowest BCUT2D eigenvalue weighted by Gasteiger charge is -2.12. The highest BCUT2D eigenvalue weighted by atomic mass is 35.5. The molecule has 104 valence electrons. The van der Waals surface area contributed by atoms with Crippen molar-refractivity contribution in [2.24, 2.45) is 0 Å². The molecule has 0 unspecified atom stereocenters. The first-order valence-electron chi connectivity index (χ1n) is 6.60. The van der Waals surface area contributed by atoms with Crippen LogP contribution in [0.25, 0.3) is 12.2 Å². The van der Waals surface area contributed by atoms with Gasteiger partial charge in [-0.25, -0.2) is 0 Å². The minimum absolute atomic E-state index is 0.755. The first-order valence-corrected chi connectivity index (χ1v) is 6.98. The lowest BCUT2D eigenvalue weighted by Crippen LogP contribution is -2.12. The normalized spacial score (nSPS) is 11.4. The van der Waals surface area contributed by atoms with E-state index in [4.69, 9.17) is 11.6 Å². The summed E-state index contributed by atoms with van der Waals surface area (Å²) >= 11 is 6.17. The Bertz CT molecular complexity index is 618. The van der Waals surface area contributed by atoms with Crippen molar-refractivity contribution in [3.8, 4) is 0 Å². The largest absolute Gasteiger partial charge is 0.305 e. The summed E-state index contributed by atoms with van der Waals surface area (Å²) < 4.78 is 0. The van der Waals surface area contributed by atoms with Crippen molar-refractivity contribution >= 4 is 23.8 Å². The summed E-state index contributed by atoms with van der Waals surface area (Å²) in [7, 11) is 4.11. The molecule has 0 aliphatic rings. The van der Waals surface area contributed by atoms with Crippen molar-refractivity contribution in [2.45, 2.75) is 13.5 Å². The lowest BCUT2D eigenvalue weighted by atomic mass is 10.1. The molecule has 1 aromatic carbocycles. The zero-order chi connectivity index (χ0) is 14.5. The first kappa shape index (κ1) is 14.8. The molecule has 1 heterocycles. The van der Waals surface area contributed by atoms with Crippen molar-refractivity contribution in [3.05, 3.63) is 63.9 Å². The highest BCUT2D eigenvalue weighted by molar-refractivity contribution is 6.32. The average molecular weight is 287 g/mol. The number of hydrogen-bond acceptors (Lipinski definition) is 2. The van der Waals surface area contributed by atoms with Gasteiger partial charge in [0.2, 0.25) is 0 Å². The topological polar surface area (TPSA) is 16.1 Å². The second-order valence-corrected chi connectivity index (χ2v) is 5.50. The summed E-state index contributed by atoms with van der Waals surface area (Å²) in [5.74, 6) is 0. The van der Waals surface area contributed by atoms with Crippen LogP contribution in [0, 0.1) is 6.92 Å². The molecule has 1 aromatic heterocycles. The molecule has 2 nitrogen and oxygen atoms in total. The van der Waals surface area contributed by atoms with Crippen LogP contribution in [0.15, 0.2) is 36.4 Å². The number of nitrogens with zero attached hydrogens (tertiary/aromatic N) is 2. The van der Waals surface area contributed by atoms with E-state index in [0.29, 0.717) is 0 Å². The zero-order valence-electron chi connectivity index (χ0n) is 12.1. The van der Waals surface area contributed by atoms with Gasteiger partial charge in [0, 0.05) is 17.3 Å². The zero-order valence-corrected chi connectivity index (χ0v) is 12.9. The third-order valence-electron chi connectivity index (χ3n) is 2.96. The summed E-state index contributed by atoms with van der Waals surface area (Å²) in [5.41, 5.74) is 4.24. The van der Waals surface area contributed by atoms with E-state index in [2.05, 4.69) is 30.0 Å². The number of hydrogen-bond donors (Lipinski definition) is 0. The number of halogens is 1. The predicted octanol–water partition coefficient (Wildman–Crippen LogP) is 4.28. The van der Waals surface area contributed by atoms with Crippen LogP contribution in [-0.4, -0.2) is 24.0 Å². The maximum atomic E-state index is 6.17. The molecule has 2 rings (SSSR count). The Morgan fingerprint density at radius 1 is 1.10 bits per heavy atom. The van der Waals surface area contributed by atoms with Gasteiger partial charge in [0.25, 0.3) is 0 Å². The Kier molecular flexibility index (Phi) is 4.94. The fraction of sp³-hybridized carbons (Fsp3) is 0.235. The van der Waals surface area contributed by atoms with Gasteiger partial charge in [0.05, 0.1) is 5.69 Å². The van der Waals surface area contributed by atoms with E-state index in [1.807, 2.05) is 49.4 Å². The highest BCUT2D eigenvalue weighted by Crippen LogP contribution is 2.19. The smallest absolute Gasteiger partial charge is 0.0678 e.